The summed E-state index contributed by atoms with van der Waals surface area (Å²) in [4.78, 5) is 14.4. The molecule has 132 valence electrons. The maximum atomic E-state index is 13.8. The lowest BCUT2D eigenvalue weighted by Gasteiger charge is -2.17. The predicted molar refractivity (Wildman–Crippen MR) is 85.9 cm³/mol. The molecule has 1 aromatic heterocycles. The summed E-state index contributed by atoms with van der Waals surface area (Å²) in [5.74, 6) is -0.879. The number of halogens is 1. The molecule has 0 atom stereocenters. The minimum absolute atomic E-state index is 0.0160. The molecule has 0 radical (unpaired) electrons. The van der Waals surface area contributed by atoms with Crippen molar-refractivity contribution in [2.75, 3.05) is 20.7 Å². The van der Waals surface area contributed by atoms with Crippen LogP contribution >= 0.6 is 0 Å². The Morgan fingerprint density at radius 1 is 1.40 bits per heavy atom. The van der Waals surface area contributed by atoms with Crippen LogP contribution < -0.4 is 4.74 Å². The van der Waals surface area contributed by atoms with Crippen molar-refractivity contribution in [3.8, 4) is 5.75 Å². The second-order valence-electron chi connectivity index (χ2n) is 5.37. The van der Waals surface area contributed by atoms with Crippen LogP contribution in [0.15, 0.2) is 30.7 Å². The molecule has 0 saturated carbocycles. The standard InChI is InChI=1S/C14H13FN4O5S/c1-17(2)25(22,23)18-7-12(16-8-18)10-3-4-24-14-11(10)5-9(15)6-13(14)19(20)21/h3,5-8H,4H2,1-2H3. The number of nitro groups is 1. The van der Waals surface area contributed by atoms with E-state index in [2.05, 4.69) is 4.98 Å². The van der Waals surface area contributed by atoms with E-state index in [1.165, 1.54) is 20.3 Å². The number of rotatable bonds is 4. The van der Waals surface area contributed by atoms with Crippen LogP contribution in [0, 0.1) is 15.9 Å². The monoisotopic (exact) mass is 368 g/mol. The highest BCUT2D eigenvalue weighted by Crippen LogP contribution is 2.40. The maximum absolute atomic E-state index is 13.8. The highest BCUT2D eigenvalue weighted by molar-refractivity contribution is 7.87. The first-order valence-corrected chi connectivity index (χ1v) is 8.40. The van der Waals surface area contributed by atoms with Gasteiger partial charge in [0.1, 0.15) is 18.8 Å². The van der Waals surface area contributed by atoms with E-state index in [1.54, 1.807) is 6.08 Å². The number of hydrogen-bond donors (Lipinski definition) is 0. The average Bonchev–Trinajstić information content (AvgIpc) is 3.03. The molecule has 1 aliphatic rings. The van der Waals surface area contributed by atoms with Gasteiger partial charge in [0.15, 0.2) is 0 Å². The maximum Gasteiger partial charge on any atom is 0.314 e. The van der Waals surface area contributed by atoms with Gasteiger partial charge in [-0.2, -0.15) is 12.7 Å². The lowest BCUT2D eigenvalue weighted by atomic mass is 9.99. The Bertz CT molecular complexity index is 997. The summed E-state index contributed by atoms with van der Waals surface area (Å²) >= 11 is 0. The summed E-state index contributed by atoms with van der Waals surface area (Å²) in [6.45, 7) is 0.0160. The van der Waals surface area contributed by atoms with Gasteiger partial charge in [-0.1, -0.05) is 0 Å². The number of fused-ring (bicyclic) bond motifs is 1. The van der Waals surface area contributed by atoms with Crippen molar-refractivity contribution < 1.29 is 22.5 Å². The van der Waals surface area contributed by atoms with Gasteiger partial charge in [0, 0.05) is 31.4 Å². The number of nitrogens with zero attached hydrogens (tertiary/aromatic N) is 4. The Hall–Kier alpha value is -2.79. The molecule has 0 saturated heterocycles. The van der Waals surface area contributed by atoms with Gasteiger partial charge >= 0.3 is 15.9 Å². The third-order valence-electron chi connectivity index (χ3n) is 3.60. The van der Waals surface area contributed by atoms with Crippen molar-refractivity contribution in [2.45, 2.75) is 0 Å². The Morgan fingerprint density at radius 3 is 2.76 bits per heavy atom. The molecule has 0 unspecified atom stereocenters. The Balaban J connectivity index is 2.12. The van der Waals surface area contributed by atoms with Crippen molar-refractivity contribution in [1.82, 2.24) is 13.3 Å². The normalized spacial score (nSPS) is 14.0. The van der Waals surface area contributed by atoms with E-state index in [9.17, 15) is 22.9 Å². The number of benzene rings is 1. The molecule has 2 aromatic rings. The van der Waals surface area contributed by atoms with Crippen LogP contribution in [0.25, 0.3) is 5.57 Å². The summed E-state index contributed by atoms with van der Waals surface area (Å²) in [6, 6.07) is 1.86. The van der Waals surface area contributed by atoms with Crippen LogP contribution in [0.1, 0.15) is 11.3 Å². The quantitative estimate of drug-likeness (QED) is 0.596. The summed E-state index contributed by atoms with van der Waals surface area (Å²) in [5.41, 5.74) is 0.234. The van der Waals surface area contributed by atoms with Gasteiger partial charge in [-0.15, -0.1) is 0 Å². The van der Waals surface area contributed by atoms with Crippen LogP contribution in [0.5, 0.6) is 5.75 Å². The lowest BCUT2D eigenvalue weighted by Crippen LogP contribution is -2.27. The molecular formula is C14H13FN4O5S. The van der Waals surface area contributed by atoms with Crippen LogP contribution in [0.2, 0.25) is 0 Å². The van der Waals surface area contributed by atoms with Gasteiger partial charge in [0.05, 0.1) is 16.7 Å². The zero-order valence-corrected chi connectivity index (χ0v) is 14.0. The van der Waals surface area contributed by atoms with Gasteiger partial charge in [0.2, 0.25) is 5.75 Å². The fourth-order valence-corrected chi connectivity index (χ4v) is 3.16. The molecule has 2 heterocycles. The van der Waals surface area contributed by atoms with E-state index >= 15 is 0 Å². The van der Waals surface area contributed by atoms with Gasteiger partial charge in [-0.25, -0.2) is 13.3 Å². The molecule has 0 fully saturated rings. The second kappa shape index (κ2) is 5.93. The molecule has 0 aliphatic carbocycles. The molecule has 0 bridgehead atoms. The SMILES string of the molecule is CN(C)S(=O)(=O)n1cnc(C2=CCOc3c2cc(F)cc3[N+](=O)[O-])c1. The number of imidazole rings is 1. The van der Waals surface area contributed by atoms with Gasteiger partial charge in [-0.05, 0) is 12.1 Å². The molecule has 11 heteroatoms. The molecule has 9 nitrogen and oxygen atoms in total. The summed E-state index contributed by atoms with van der Waals surface area (Å²) in [6.07, 6.45) is 3.92. The van der Waals surface area contributed by atoms with E-state index < -0.39 is 26.6 Å². The Labute approximate surface area is 142 Å². The van der Waals surface area contributed by atoms with E-state index in [0.29, 0.717) is 5.57 Å². The van der Waals surface area contributed by atoms with Gasteiger partial charge in [-0.3, -0.25) is 10.1 Å². The minimum atomic E-state index is -3.76. The van der Waals surface area contributed by atoms with Crippen LogP contribution in [0.3, 0.4) is 0 Å². The Morgan fingerprint density at radius 2 is 2.12 bits per heavy atom. The Kier molecular flexibility index (Phi) is 4.05. The van der Waals surface area contributed by atoms with E-state index in [-0.39, 0.29) is 23.6 Å². The predicted octanol–water partition coefficient (Wildman–Crippen LogP) is 1.41. The smallest absolute Gasteiger partial charge is 0.314 e. The zero-order chi connectivity index (χ0) is 18.4. The highest BCUT2D eigenvalue weighted by Gasteiger charge is 2.28. The number of nitro benzene ring substituents is 1. The third kappa shape index (κ3) is 2.87. The highest BCUT2D eigenvalue weighted by atomic mass is 32.2. The number of aromatic nitrogens is 2. The molecule has 0 spiro atoms. The molecule has 1 aliphatic heterocycles. The van der Waals surface area contributed by atoms with E-state index in [4.69, 9.17) is 4.74 Å². The summed E-state index contributed by atoms with van der Waals surface area (Å²) in [7, 11) is -1.01. The molecule has 1 aromatic carbocycles. The summed E-state index contributed by atoms with van der Waals surface area (Å²) in [5, 5.41) is 11.1. The van der Waals surface area contributed by atoms with Crippen molar-refractivity contribution in [2.24, 2.45) is 0 Å². The van der Waals surface area contributed by atoms with E-state index in [1.807, 2.05) is 0 Å². The first kappa shape index (κ1) is 17.0. The lowest BCUT2D eigenvalue weighted by molar-refractivity contribution is -0.386. The minimum Gasteiger partial charge on any atom is -0.482 e. The molecular weight excluding hydrogens is 355 g/mol. The molecule has 0 N–H and O–H groups in total. The third-order valence-corrected chi connectivity index (χ3v) is 5.26. The largest absolute Gasteiger partial charge is 0.482 e. The number of ether oxygens (including phenoxy) is 1. The fraction of sp³-hybridized carbons (Fsp3) is 0.214. The van der Waals surface area contributed by atoms with Crippen LogP contribution in [-0.4, -0.2) is 47.3 Å². The van der Waals surface area contributed by atoms with E-state index in [0.717, 1.165) is 26.7 Å². The van der Waals surface area contributed by atoms with Crippen LogP contribution in [-0.2, 0) is 10.2 Å². The molecule has 25 heavy (non-hydrogen) atoms. The zero-order valence-electron chi connectivity index (χ0n) is 13.2. The molecule has 3 rings (SSSR count). The molecule has 0 amide bonds. The van der Waals surface area contributed by atoms with Crippen molar-refractivity contribution in [3.63, 3.8) is 0 Å². The average molecular weight is 368 g/mol. The number of hydrogen-bond acceptors (Lipinski definition) is 6. The fourth-order valence-electron chi connectivity index (χ4n) is 2.39. The van der Waals surface area contributed by atoms with Gasteiger partial charge < -0.3 is 4.74 Å². The second-order valence-corrected chi connectivity index (χ2v) is 7.41. The van der Waals surface area contributed by atoms with Crippen molar-refractivity contribution in [1.29, 1.82) is 0 Å². The summed E-state index contributed by atoms with van der Waals surface area (Å²) < 4.78 is 45.2. The van der Waals surface area contributed by atoms with Crippen molar-refractivity contribution in [3.05, 3.63) is 57.9 Å². The van der Waals surface area contributed by atoms with Crippen molar-refractivity contribution >= 4 is 21.5 Å². The van der Waals surface area contributed by atoms with Gasteiger partial charge in [0.25, 0.3) is 0 Å². The topological polar surface area (TPSA) is 108 Å². The first-order chi connectivity index (χ1) is 11.7. The van der Waals surface area contributed by atoms with Crippen LogP contribution in [0.4, 0.5) is 10.1 Å². The first-order valence-electron chi connectivity index (χ1n) is 7.00.